The van der Waals surface area contributed by atoms with Crippen LogP contribution in [0.2, 0.25) is 0 Å². The van der Waals surface area contributed by atoms with Gasteiger partial charge in [-0.25, -0.2) is 13.4 Å². The lowest BCUT2D eigenvalue weighted by atomic mass is 10.0. The Hall–Kier alpha value is -3.18. The number of carbonyl (C=O) groups excluding carboxylic acids is 2. The van der Waals surface area contributed by atoms with Gasteiger partial charge in [-0.2, -0.15) is 11.3 Å². The third-order valence-corrected chi connectivity index (χ3v) is 6.12. The molecule has 11 heteroatoms. The van der Waals surface area contributed by atoms with Crippen LogP contribution in [0.1, 0.15) is 38.2 Å². The number of aromatic nitrogens is 2. The van der Waals surface area contributed by atoms with Crippen LogP contribution in [-0.2, 0) is 26.2 Å². The third kappa shape index (κ3) is 6.67. The fraction of sp³-hybridized carbons (Fsp3) is 0.348. The van der Waals surface area contributed by atoms with Crippen LogP contribution < -0.4 is 14.9 Å². The summed E-state index contributed by atoms with van der Waals surface area (Å²) >= 11 is 1.43. The van der Waals surface area contributed by atoms with E-state index >= 15 is 0 Å². The minimum Gasteiger partial charge on any atom is -0.349 e. The number of amides is 2. The summed E-state index contributed by atoms with van der Waals surface area (Å²) in [6, 6.07) is 7.26. The Morgan fingerprint density at radius 2 is 1.85 bits per heavy atom. The van der Waals surface area contributed by atoms with E-state index in [0.717, 1.165) is 6.26 Å². The lowest BCUT2D eigenvalue weighted by Gasteiger charge is -2.33. The number of anilines is 2. The Kier molecular flexibility index (Phi) is 7.47. The maximum absolute atomic E-state index is 13.7. The number of aryl methyl sites for hydroxylation is 1. The molecule has 2 aromatic heterocycles. The molecule has 0 saturated heterocycles. The van der Waals surface area contributed by atoms with E-state index in [0.29, 0.717) is 22.8 Å². The molecule has 0 fully saturated rings. The summed E-state index contributed by atoms with van der Waals surface area (Å²) in [6.07, 6.45) is 4.38. The van der Waals surface area contributed by atoms with E-state index in [9.17, 15) is 18.0 Å². The molecule has 1 aromatic carbocycles. The molecule has 1 unspecified atom stereocenters. The van der Waals surface area contributed by atoms with Gasteiger partial charge in [-0.05, 0) is 74.4 Å². The van der Waals surface area contributed by atoms with E-state index in [1.165, 1.54) is 16.2 Å². The number of nitrogens with one attached hydrogen (secondary N) is 2. The summed E-state index contributed by atoms with van der Waals surface area (Å²) < 4.78 is 27.3. The zero-order valence-electron chi connectivity index (χ0n) is 19.8. The first-order valence-electron chi connectivity index (χ1n) is 10.6. The number of hydrogen-bond acceptors (Lipinski definition) is 6. The van der Waals surface area contributed by atoms with Crippen molar-refractivity contribution in [3.63, 3.8) is 0 Å². The average molecular weight is 504 g/mol. The number of rotatable bonds is 8. The molecule has 1 atom stereocenters. The number of carbonyl (C=O) groups is 2. The van der Waals surface area contributed by atoms with Gasteiger partial charge >= 0.3 is 0 Å². The van der Waals surface area contributed by atoms with Gasteiger partial charge in [-0.15, -0.1) is 0 Å². The maximum Gasteiger partial charge on any atom is 0.248 e. The summed E-state index contributed by atoms with van der Waals surface area (Å²) in [4.78, 5) is 32.8. The molecule has 0 aliphatic heterocycles. The molecular weight excluding hydrogens is 474 g/mol. The molecule has 0 bridgehead atoms. The number of sulfonamides is 1. The van der Waals surface area contributed by atoms with Crippen molar-refractivity contribution in [2.24, 2.45) is 0 Å². The number of imidazole rings is 1. The Morgan fingerprint density at radius 3 is 2.35 bits per heavy atom. The molecule has 0 aliphatic carbocycles. The van der Waals surface area contributed by atoms with Crippen molar-refractivity contribution in [3.8, 4) is 0 Å². The predicted octanol–water partition coefficient (Wildman–Crippen LogP) is 3.31. The van der Waals surface area contributed by atoms with Crippen LogP contribution in [0.4, 0.5) is 11.4 Å². The van der Waals surface area contributed by atoms with Crippen LogP contribution >= 0.6 is 11.3 Å². The molecular formula is C23H29N5O4S2. The zero-order valence-corrected chi connectivity index (χ0v) is 21.4. The summed E-state index contributed by atoms with van der Waals surface area (Å²) in [5.41, 5.74) is 0.989. The molecule has 0 aliphatic rings. The number of nitrogens with zero attached hydrogens (tertiary/aromatic N) is 3. The van der Waals surface area contributed by atoms with Gasteiger partial charge in [0.1, 0.15) is 18.4 Å². The van der Waals surface area contributed by atoms with E-state index in [1.54, 1.807) is 48.1 Å². The summed E-state index contributed by atoms with van der Waals surface area (Å²) in [7, 11) is -3.45. The van der Waals surface area contributed by atoms with Gasteiger partial charge in [0.25, 0.3) is 0 Å². The molecule has 3 aromatic rings. The van der Waals surface area contributed by atoms with Crippen molar-refractivity contribution in [3.05, 3.63) is 64.9 Å². The fourth-order valence-electron chi connectivity index (χ4n) is 3.42. The van der Waals surface area contributed by atoms with Crippen molar-refractivity contribution < 1.29 is 18.0 Å². The molecule has 9 nitrogen and oxygen atoms in total. The van der Waals surface area contributed by atoms with Gasteiger partial charge in [-0.1, -0.05) is 0 Å². The van der Waals surface area contributed by atoms with Crippen LogP contribution in [0.15, 0.2) is 53.5 Å². The Labute approximate surface area is 203 Å². The van der Waals surface area contributed by atoms with E-state index in [4.69, 9.17) is 0 Å². The first kappa shape index (κ1) is 25.4. The van der Waals surface area contributed by atoms with E-state index in [-0.39, 0.29) is 18.4 Å². The lowest BCUT2D eigenvalue weighted by Crippen LogP contribution is -2.50. The quantitative estimate of drug-likeness (QED) is 0.490. The molecule has 2 N–H and O–H groups in total. The highest BCUT2D eigenvalue weighted by atomic mass is 32.2. The number of thiophene rings is 1. The molecule has 34 heavy (non-hydrogen) atoms. The molecule has 3 rings (SSSR count). The fourth-order valence-corrected chi connectivity index (χ4v) is 4.66. The predicted molar refractivity (Wildman–Crippen MR) is 134 cm³/mol. The molecule has 0 saturated carbocycles. The van der Waals surface area contributed by atoms with Crippen molar-refractivity contribution >= 4 is 44.5 Å². The second kappa shape index (κ2) is 9.98. The van der Waals surface area contributed by atoms with E-state index in [2.05, 4.69) is 15.0 Å². The van der Waals surface area contributed by atoms with Crippen molar-refractivity contribution in [1.29, 1.82) is 0 Å². The highest BCUT2D eigenvalue weighted by Gasteiger charge is 2.34. The second-order valence-electron chi connectivity index (χ2n) is 8.99. The summed E-state index contributed by atoms with van der Waals surface area (Å²) in [5, 5.41) is 6.68. The summed E-state index contributed by atoms with van der Waals surface area (Å²) in [5.74, 6) is 0.0392. The van der Waals surface area contributed by atoms with Crippen molar-refractivity contribution in [1.82, 2.24) is 14.9 Å². The van der Waals surface area contributed by atoms with E-state index in [1.807, 2.05) is 37.6 Å². The van der Waals surface area contributed by atoms with Crippen LogP contribution in [-0.4, -0.2) is 41.6 Å². The zero-order chi connectivity index (χ0) is 25.1. The number of hydrogen-bond donors (Lipinski definition) is 2. The Balaban J connectivity index is 2.07. The molecule has 182 valence electrons. The van der Waals surface area contributed by atoms with Crippen LogP contribution in [0.3, 0.4) is 0 Å². The topological polar surface area (TPSA) is 113 Å². The molecule has 0 radical (unpaired) electrons. The van der Waals surface area contributed by atoms with Crippen LogP contribution in [0.5, 0.6) is 0 Å². The maximum atomic E-state index is 13.7. The van der Waals surface area contributed by atoms with Gasteiger partial charge in [0.05, 0.1) is 6.26 Å². The van der Waals surface area contributed by atoms with Gasteiger partial charge in [0.2, 0.25) is 21.8 Å². The minimum atomic E-state index is -3.45. The highest BCUT2D eigenvalue weighted by molar-refractivity contribution is 7.92. The average Bonchev–Trinajstić information content (AvgIpc) is 3.36. The Bertz CT molecular complexity index is 1240. The van der Waals surface area contributed by atoms with Crippen molar-refractivity contribution in [2.45, 2.75) is 45.8 Å². The Morgan fingerprint density at radius 1 is 1.18 bits per heavy atom. The van der Waals surface area contributed by atoms with Crippen LogP contribution in [0, 0.1) is 6.92 Å². The molecule has 0 spiro atoms. The SMILES string of the molecule is Cc1nccn1CC(=O)N(c1ccc(NS(C)(=O)=O)cc1)C(C(=O)NC(C)(C)C)c1ccsc1. The first-order valence-corrected chi connectivity index (χ1v) is 13.4. The second-order valence-corrected chi connectivity index (χ2v) is 11.5. The summed E-state index contributed by atoms with van der Waals surface area (Å²) in [6.45, 7) is 7.41. The smallest absolute Gasteiger partial charge is 0.248 e. The standard InChI is InChI=1S/C23H29N5O4S2/c1-16-24-11-12-27(16)14-20(29)28(19-8-6-18(7-9-19)26-34(5,31)32)21(17-10-13-33-15-17)22(30)25-23(2,3)4/h6-13,15,21,26H,14H2,1-5H3,(H,25,30). The third-order valence-electron chi connectivity index (χ3n) is 4.81. The van der Waals surface area contributed by atoms with Crippen LogP contribution in [0.25, 0.3) is 0 Å². The number of benzene rings is 1. The minimum absolute atomic E-state index is 0.0153. The van der Waals surface area contributed by atoms with Crippen molar-refractivity contribution in [2.75, 3.05) is 15.9 Å². The molecule has 2 amide bonds. The highest BCUT2D eigenvalue weighted by Crippen LogP contribution is 2.31. The first-order chi connectivity index (χ1) is 15.8. The monoisotopic (exact) mass is 503 g/mol. The van der Waals surface area contributed by atoms with E-state index < -0.39 is 21.6 Å². The lowest BCUT2D eigenvalue weighted by molar-refractivity contribution is -0.127. The molecule has 2 heterocycles. The largest absolute Gasteiger partial charge is 0.349 e. The van der Waals surface area contributed by atoms with Gasteiger partial charge in [0.15, 0.2) is 0 Å². The normalized spacial score (nSPS) is 12.7. The van der Waals surface area contributed by atoms with Gasteiger partial charge < -0.3 is 9.88 Å². The van der Waals surface area contributed by atoms with Gasteiger partial charge in [0, 0.05) is 29.3 Å². The van der Waals surface area contributed by atoms with Gasteiger partial charge in [-0.3, -0.25) is 19.2 Å².